The highest BCUT2D eigenvalue weighted by Gasteiger charge is 2.23. The number of anilines is 1. The van der Waals surface area contributed by atoms with E-state index in [-0.39, 0.29) is 35.8 Å². The zero-order valence-electron chi connectivity index (χ0n) is 16.5. The Kier molecular flexibility index (Phi) is 8.24. The van der Waals surface area contributed by atoms with E-state index in [1.807, 2.05) is 0 Å². The summed E-state index contributed by atoms with van der Waals surface area (Å²) in [5, 5.41) is 16.8. The van der Waals surface area contributed by atoms with Gasteiger partial charge in [-0.05, 0) is 26.8 Å². The van der Waals surface area contributed by atoms with Crippen LogP contribution in [0, 0.1) is 10.1 Å². The fourth-order valence-electron chi connectivity index (χ4n) is 2.10. The zero-order chi connectivity index (χ0) is 21.3. The maximum absolute atomic E-state index is 11.7. The van der Waals surface area contributed by atoms with E-state index in [0.717, 1.165) is 6.07 Å². The SMILES string of the molecule is COC(=O)c1cc(OC)c(NCC=CCNC(=O)OC(C)(C)C)c([N+](=O)[O-])c1. The Morgan fingerprint density at radius 1 is 1.18 bits per heavy atom. The van der Waals surface area contributed by atoms with Crippen LogP contribution >= 0.6 is 0 Å². The van der Waals surface area contributed by atoms with Crippen LogP contribution in [0.2, 0.25) is 0 Å². The largest absolute Gasteiger partial charge is 0.494 e. The van der Waals surface area contributed by atoms with E-state index >= 15 is 0 Å². The quantitative estimate of drug-likeness (QED) is 0.297. The van der Waals surface area contributed by atoms with Crippen molar-refractivity contribution in [2.45, 2.75) is 26.4 Å². The molecule has 10 nitrogen and oxygen atoms in total. The Hall–Kier alpha value is -3.30. The molecule has 1 aromatic rings. The molecule has 0 bridgehead atoms. The van der Waals surface area contributed by atoms with E-state index in [9.17, 15) is 19.7 Å². The van der Waals surface area contributed by atoms with Gasteiger partial charge in [-0.15, -0.1) is 0 Å². The van der Waals surface area contributed by atoms with Crippen LogP contribution in [0.4, 0.5) is 16.2 Å². The van der Waals surface area contributed by atoms with Gasteiger partial charge >= 0.3 is 12.1 Å². The highest BCUT2D eigenvalue weighted by Crippen LogP contribution is 2.36. The molecule has 154 valence electrons. The van der Waals surface area contributed by atoms with Crippen LogP contribution in [0.5, 0.6) is 5.75 Å². The van der Waals surface area contributed by atoms with Crippen LogP contribution in [0.15, 0.2) is 24.3 Å². The number of esters is 1. The molecular formula is C18H25N3O7. The summed E-state index contributed by atoms with van der Waals surface area (Å²) >= 11 is 0. The number of methoxy groups -OCH3 is 2. The molecule has 10 heteroatoms. The van der Waals surface area contributed by atoms with Gasteiger partial charge < -0.3 is 24.8 Å². The smallest absolute Gasteiger partial charge is 0.407 e. The predicted molar refractivity (Wildman–Crippen MR) is 103 cm³/mol. The van der Waals surface area contributed by atoms with Gasteiger partial charge in [0.25, 0.3) is 5.69 Å². The summed E-state index contributed by atoms with van der Waals surface area (Å²) in [6.07, 6.45) is 2.80. The van der Waals surface area contributed by atoms with Crippen LogP contribution in [0.1, 0.15) is 31.1 Å². The number of rotatable bonds is 8. The lowest BCUT2D eigenvalue weighted by Gasteiger charge is -2.19. The Balaban J connectivity index is 2.77. The summed E-state index contributed by atoms with van der Waals surface area (Å²) in [6, 6.07) is 2.47. The molecule has 0 radical (unpaired) electrons. The summed E-state index contributed by atoms with van der Waals surface area (Å²) in [6.45, 7) is 5.75. The molecule has 28 heavy (non-hydrogen) atoms. The number of alkyl carbamates (subject to hydrolysis) is 1. The van der Waals surface area contributed by atoms with Gasteiger partial charge in [0.05, 0.1) is 24.7 Å². The van der Waals surface area contributed by atoms with E-state index in [4.69, 9.17) is 9.47 Å². The molecule has 0 heterocycles. The maximum atomic E-state index is 11.7. The summed E-state index contributed by atoms with van der Waals surface area (Å²) < 4.78 is 14.8. The van der Waals surface area contributed by atoms with E-state index in [1.165, 1.54) is 20.3 Å². The first kappa shape index (κ1) is 22.7. The molecule has 0 aliphatic heterocycles. The highest BCUT2D eigenvalue weighted by atomic mass is 16.6. The lowest BCUT2D eigenvalue weighted by atomic mass is 10.1. The van der Waals surface area contributed by atoms with E-state index < -0.39 is 22.6 Å². The third-order valence-corrected chi connectivity index (χ3v) is 3.25. The number of benzene rings is 1. The number of nitrogens with zero attached hydrogens (tertiary/aromatic N) is 1. The zero-order valence-corrected chi connectivity index (χ0v) is 16.5. The summed E-state index contributed by atoms with van der Waals surface area (Å²) in [7, 11) is 2.52. The fourth-order valence-corrected chi connectivity index (χ4v) is 2.10. The van der Waals surface area contributed by atoms with Gasteiger partial charge in [0, 0.05) is 19.2 Å². The van der Waals surface area contributed by atoms with Crippen molar-refractivity contribution >= 4 is 23.4 Å². The van der Waals surface area contributed by atoms with Crippen molar-refractivity contribution in [2.24, 2.45) is 0 Å². The van der Waals surface area contributed by atoms with Crippen molar-refractivity contribution in [3.8, 4) is 5.75 Å². The first-order valence-corrected chi connectivity index (χ1v) is 8.39. The minimum absolute atomic E-state index is 0.00806. The summed E-state index contributed by atoms with van der Waals surface area (Å²) in [5.74, 6) is -0.573. The monoisotopic (exact) mass is 395 g/mol. The molecule has 1 amide bonds. The van der Waals surface area contributed by atoms with Gasteiger partial charge in [0.15, 0.2) is 5.69 Å². The minimum atomic E-state index is -0.707. The number of nitro groups is 1. The summed E-state index contributed by atoms with van der Waals surface area (Å²) in [5.41, 5.74) is -0.764. The third-order valence-electron chi connectivity index (χ3n) is 3.25. The first-order valence-electron chi connectivity index (χ1n) is 8.39. The number of amides is 1. The second-order valence-corrected chi connectivity index (χ2v) is 6.56. The van der Waals surface area contributed by atoms with Crippen molar-refractivity contribution in [3.05, 3.63) is 40.0 Å². The van der Waals surface area contributed by atoms with Crippen molar-refractivity contribution in [1.82, 2.24) is 5.32 Å². The molecule has 1 rings (SSSR count). The fraction of sp³-hybridized carbons (Fsp3) is 0.444. The van der Waals surface area contributed by atoms with Gasteiger partial charge in [-0.2, -0.15) is 0 Å². The average molecular weight is 395 g/mol. The highest BCUT2D eigenvalue weighted by molar-refractivity contribution is 5.93. The summed E-state index contributed by atoms with van der Waals surface area (Å²) in [4.78, 5) is 33.9. The first-order chi connectivity index (χ1) is 13.1. The molecule has 1 aromatic carbocycles. The molecule has 0 spiro atoms. The number of carbonyl (C=O) groups excluding carboxylic acids is 2. The molecule has 0 aliphatic carbocycles. The molecule has 0 saturated heterocycles. The molecule has 0 unspecified atom stereocenters. The number of hydrogen-bond acceptors (Lipinski definition) is 8. The topological polar surface area (TPSA) is 129 Å². The normalized spacial score (nSPS) is 11.0. The van der Waals surface area contributed by atoms with Crippen molar-refractivity contribution in [1.29, 1.82) is 0 Å². The van der Waals surface area contributed by atoms with E-state index in [2.05, 4.69) is 15.4 Å². The Labute approximate surface area is 163 Å². The third kappa shape index (κ3) is 7.14. The lowest BCUT2D eigenvalue weighted by molar-refractivity contribution is -0.384. The second kappa shape index (κ2) is 10.1. The van der Waals surface area contributed by atoms with Crippen molar-refractivity contribution in [2.75, 3.05) is 32.6 Å². The maximum Gasteiger partial charge on any atom is 0.407 e. The van der Waals surface area contributed by atoms with Crippen LogP contribution in [0.25, 0.3) is 0 Å². The van der Waals surface area contributed by atoms with Gasteiger partial charge in [0.1, 0.15) is 11.4 Å². The number of hydrogen-bond donors (Lipinski definition) is 2. The van der Waals surface area contributed by atoms with E-state index in [1.54, 1.807) is 32.9 Å². The molecule has 0 aliphatic rings. The lowest BCUT2D eigenvalue weighted by Crippen LogP contribution is -2.32. The van der Waals surface area contributed by atoms with E-state index in [0.29, 0.717) is 0 Å². The number of nitro benzene ring substituents is 1. The molecule has 0 saturated carbocycles. The van der Waals surface area contributed by atoms with Crippen LogP contribution in [-0.2, 0) is 9.47 Å². The Morgan fingerprint density at radius 2 is 1.82 bits per heavy atom. The van der Waals surface area contributed by atoms with Crippen molar-refractivity contribution < 1.29 is 28.7 Å². The number of carbonyl (C=O) groups is 2. The number of nitrogens with one attached hydrogen (secondary N) is 2. The van der Waals surface area contributed by atoms with Crippen LogP contribution in [0.3, 0.4) is 0 Å². The van der Waals surface area contributed by atoms with Gasteiger partial charge in [-0.25, -0.2) is 9.59 Å². The second-order valence-electron chi connectivity index (χ2n) is 6.56. The van der Waals surface area contributed by atoms with Gasteiger partial charge in [-0.3, -0.25) is 10.1 Å². The molecule has 2 N–H and O–H groups in total. The Morgan fingerprint density at radius 3 is 2.36 bits per heavy atom. The van der Waals surface area contributed by atoms with Crippen LogP contribution < -0.4 is 15.4 Å². The molecule has 0 atom stereocenters. The molecular weight excluding hydrogens is 370 g/mol. The van der Waals surface area contributed by atoms with Crippen LogP contribution in [-0.4, -0.2) is 49.9 Å². The Bertz CT molecular complexity index is 754. The van der Waals surface area contributed by atoms with Gasteiger partial charge in [-0.1, -0.05) is 12.2 Å². The standard InChI is InChI=1S/C18H25N3O7/c1-18(2,3)28-17(23)20-9-7-6-8-19-15-13(21(24)25)10-12(16(22)27-5)11-14(15)26-4/h6-7,10-11,19H,8-9H2,1-5H3,(H,20,23). The number of ether oxygens (including phenoxy) is 3. The average Bonchev–Trinajstić information content (AvgIpc) is 2.61. The van der Waals surface area contributed by atoms with Crippen molar-refractivity contribution in [3.63, 3.8) is 0 Å². The van der Waals surface area contributed by atoms with Gasteiger partial charge in [0.2, 0.25) is 0 Å². The molecule has 0 fully saturated rings. The minimum Gasteiger partial charge on any atom is -0.494 e. The predicted octanol–water partition coefficient (Wildman–Crippen LogP) is 2.88. The molecule has 0 aromatic heterocycles.